The summed E-state index contributed by atoms with van der Waals surface area (Å²) in [5, 5.41) is 2.99. The van der Waals surface area contributed by atoms with Gasteiger partial charge in [0.2, 0.25) is 0 Å². The predicted molar refractivity (Wildman–Crippen MR) is 88.2 cm³/mol. The Morgan fingerprint density at radius 3 is 2.38 bits per heavy atom. The van der Waals surface area contributed by atoms with Gasteiger partial charge in [-0.3, -0.25) is 9.78 Å². The molecule has 0 atom stereocenters. The number of hydrogen-bond acceptors (Lipinski definition) is 2. The van der Waals surface area contributed by atoms with Gasteiger partial charge in [0.05, 0.1) is 0 Å². The molecule has 1 amide bonds. The number of amides is 1. The van der Waals surface area contributed by atoms with E-state index >= 15 is 0 Å². The monoisotopic (exact) mass is 346 g/mol. The van der Waals surface area contributed by atoms with Crippen molar-refractivity contribution in [1.82, 2.24) is 10.3 Å². The van der Waals surface area contributed by atoms with E-state index in [2.05, 4.69) is 52.2 Å². The van der Waals surface area contributed by atoms with Crippen LogP contribution in [-0.4, -0.2) is 17.4 Å². The zero-order valence-electron chi connectivity index (χ0n) is 12.3. The molecule has 0 unspecified atom stereocenters. The summed E-state index contributed by atoms with van der Waals surface area (Å²) in [6.07, 6.45) is 4.17. The van der Waals surface area contributed by atoms with Crippen molar-refractivity contribution in [3.63, 3.8) is 0 Å². The van der Waals surface area contributed by atoms with E-state index in [1.807, 2.05) is 12.1 Å². The van der Waals surface area contributed by atoms with E-state index in [4.69, 9.17) is 0 Å². The van der Waals surface area contributed by atoms with Crippen molar-refractivity contribution in [2.45, 2.75) is 20.3 Å². The van der Waals surface area contributed by atoms with Gasteiger partial charge in [0, 0.05) is 29.0 Å². The third-order valence-electron chi connectivity index (χ3n) is 3.27. The average molecular weight is 347 g/mol. The van der Waals surface area contributed by atoms with Crippen LogP contribution in [0.3, 0.4) is 0 Å². The standard InChI is InChI=1S/C17H19BrN2O/c1-17(2,11-13-3-5-15(18)6-4-13)12-20-16(21)14-7-9-19-10-8-14/h3-10H,11-12H2,1-2H3,(H,20,21). The van der Waals surface area contributed by atoms with Crippen molar-refractivity contribution in [2.75, 3.05) is 6.54 Å². The lowest BCUT2D eigenvalue weighted by Crippen LogP contribution is -2.35. The van der Waals surface area contributed by atoms with Crippen LogP contribution in [0.1, 0.15) is 29.8 Å². The minimum atomic E-state index is -0.0544. The van der Waals surface area contributed by atoms with Crippen LogP contribution >= 0.6 is 15.9 Å². The fraction of sp³-hybridized carbons (Fsp3) is 0.294. The third-order valence-corrected chi connectivity index (χ3v) is 3.79. The molecule has 0 aliphatic carbocycles. The van der Waals surface area contributed by atoms with Gasteiger partial charge >= 0.3 is 0 Å². The molecule has 1 aromatic carbocycles. The van der Waals surface area contributed by atoms with Gasteiger partial charge in [0.1, 0.15) is 0 Å². The molecule has 0 aliphatic heterocycles. The molecule has 0 saturated heterocycles. The Hall–Kier alpha value is -1.68. The van der Waals surface area contributed by atoms with Crippen molar-refractivity contribution in [2.24, 2.45) is 5.41 Å². The molecule has 0 spiro atoms. The Balaban J connectivity index is 1.92. The normalized spacial score (nSPS) is 11.2. The molecular weight excluding hydrogens is 328 g/mol. The highest BCUT2D eigenvalue weighted by atomic mass is 79.9. The lowest BCUT2D eigenvalue weighted by molar-refractivity contribution is 0.0936. The van der Waals surface area contributed by atoms with Crippen molar-refractivity contribution < 1.29 is 4.79 Å². The lowest BCUT2D eigenvalue weighted by Gasteiger charge is -2.25. The van der Waals surface area contributed by atoms with Gasteiger partial charge in [-0.25, -0.2) is 0 Å². The highest BCUT2D eigenvalue weighted by molar-refractivity contribution is 9.10. The van der Waals surface area contributed by atoms with E-state index in [-0.39, 0.29) is 11.3 Å². The van der Waals surface area contributed by atoms with Crippen LogP contribution in [0.4, 0.5) is 0 Å². The molecule has 2 aromatic rings. The first-order chi connectivity index (χ1) is 9.96. The fourth-order valence-electron chi connectivity index (χ4n) is 2.14. The maximum Gasteiger partial charge on any atom is 0.251 e. The molecule has 2 rings (SSSR count). The minimum absolute atomic E-state index is 0.00345. The number of benzene rings is 1. The summed E-state index contributed by atoms with van der Waals surface area (Å²) < 4.78 is 1.08. The Morgan fingerprint density at radius 1 is 1.14 bits per heavy atom. The summed E-state index contributed by atoms with van der Waals surface area (Å²) in [6.45, 7) is 4.94. The number of hydrogen-bond donors (Lipinski definition) is 1. The molecule has 1 heterocycles. The van der Waals surface area contributed by atoms with E-state index in [1.54, 1.807) is 24.5 Å². The fourth-order valence-corrected chi connectivity index (χ4v) is 2.41. The van der Waals surface area contributed by atoms with Gasteiger partial charge in [-0.2, -0.15) is 0 Å². The van der Waals surface area contributed by atoms with Gasteiger partial charge in [0.15, 0.2) is 0 Å². The highest BCUT2D eigenvalue weighted by Crippen LogP contribution is 2.22. The Kier molecular flexibility index (Phi) is 5.12. The van der Waals surface area contributed by atoms with E-state index < -0.39 is 0 Å². The Bertz CT molecular complexity index is 594. The summed E-state index contributed by atoms with van der Waals surface area (Å²) in [5.41, 5.74) is 1.90. The second-order valence-electron chi connectivity index (χ2n) is 5.89. The number of aromatic nitrogens is 1. The van der Waals surface area contributed by atoms with Crippen LogP contribution in [0.5, 0.6) is 0 Å². The highest BCUT2D eigenvalue weighted by Gasteiger charge is 2.20. The number of rotatable bonds is 5. The number of nitrogens with zero attached hydrogens (tertiary/aromatic N) is 1. The number of pyridine rings is 1. The summed E-state index contributed by atoms with van der Waals surface area (Å²) in [5.74, 6) is -0.0544. The molecule has 0 radical (unpaired) electrons. The maximum absolute atomic E-state index is 12.0. The molecule has 0 aliphatic rings. The quantitative estimate of drug-likeness (QED) is 0.893. The molecule has 110 valence electrons. The smallest absolute Gasteiger partial charge is 0.251 e. The van der Waals surface area contributed by atoms with E-state index in [0.717, 1.165) is 10.9 Å². The number of carbonyl (C=O) groups excluding carboxylic acids is 1. The largest absolute Gasteiger partial charge is 0.351 e. The van der Waals surface area contributed by atoms with Crippen molar-refractivity contribution in [1.29, 1.82) is 0 Å². The lowest BCUT2D eigenvalue weighted by atomic mass is 9.85. The van der Waals surface area contributed by atoms with Crippen molar-refractivity contribution in [3.8, 4) is 0 Å². The zero-order chi connectivity index (χ0) is 15.3. The molecular formula is C17H19BrN2O. The molecule has 1 N–H and O–H groups in total. The van der Waals surface area contributed by atoms with Gasteiger partial charge in [-0.05, 0) is 41.7 Å². The van der Waals surface area contributed by atoms with Crippen LogP contribution in [0.15, 0.2) is 53.3 Å². The Morgan fingerprint density at radius 2 is 1.76 bits per heavy atom. The van der Waals surface area contributed by atoms with Gasteiger partial charge in [-0.15, -0.1) is 0 Å². The first-order valence-corrected chi connectivity index (χ1v) is 7.68. The van der Waals surface area contributed by atoms with Crippen LogP contribution in [0.2, 0.25) is 0 Å². The molecule has 4 heteroatoms. The SMILES string of the molecule is CC(C)(CNC(=O)c1ccncc1)Cc1ccc(Br)cc1. The molecule has 3 nitrogen and oxygen atoms in total. The third kappa shape index (κ3) is 4.97. The number of halogens is 1. The topological polar surface area (TPSA) is 42.0 Å². The molecule has 21 heavy (non-hydrogen) atoms. The van der Waals surface area contributed by atoms with Crippen LogP contribution in [0, 0.1) is 5.41 Å². The van der Waals surface area contributed by atoms with Gasteiger partial charge in [-0.1, -0.05) is 41.9 Å². The zero-order valence-corrected chi connectivity index (χ0v) is 13.9. The number of nitrogens with one attached hydrogen (secondary N) is 1. The second kappa shape index (κ2) is 6.85. The van der Waals surface area contributed by atoms with Crippen LogP contribution in [0.25, 0.3) is 0 Å². The van der Waals surface area contributed by atoms with Gasteiger partial charge in [0.25, 0.3) is 5.91 Å². The minimum Gasteiger partial charge on any atom is -0.351 e. The summed E-state index contributed by atoms with van der Waals surface area (Å²) in [7, 11) is 0. The van der Waals surface area contributed by atoms with Crippen LogP contribution < -0.4 is 5.32 Å². The molecule has 0 saturated carbocycles. The van der Waals surface area contributed by atoms with E-state index in [9.17, 15) is 4.79 Å². The number of carbonyl (C=O) groups is 1. The van der Waals surface area contributed by atoms with E-state index in [1.165, 1.54) is 5.56 Å². The van der Waals surface area contributed by atoms with Crippen molar-refractivity contribution >= 4 is 21.8 Å². The van der Waals surface area contributed by atoms with Gasteiger partial charge < -0.3 is 5.32 Å². The second-order valence-corrected chi connectivity index (χ2v) is 6.80. The summed E-state index contributed by atoms with van der Waals surface area (Å²) >= 11 is 3.44. The molecule has 0 bridgehead atoms. The van der Waals surface area contributed by atoms with Crippen molar-refractivity contribution in [3.05, 3.63) is 64.4 Å². The average Bonchev–Trinajstić information content (AvgIpc) is 2.48. The van der Waals surface area contributed by atoms with Crippen LogP contribution in [-0.2, 0) is 6.42 Å². The maximum atomic E-state index is 12.0. The Labute approximate surface area is 133 Å². The van der Waals surface area contributed by atoms with E-state index in [0.29, 0.717) is 12.1 Å². The molecule has 0 fully saturated rings. The first-order valence-electron chi connectivity index (χ1n) is 6.89. The first kappa shape index (κ1) is 15.7. The summed E-state index contributed by atoms with van der Waals surface area (Å²) in [4.78, 5) is 16.0. The summed E-state index contributed by atoms with van der Waals surface area (Å²) in [6, 6.07) is 11.7. The predicted octanol–water partition coefficient (Wildman–Crippen LogP) is 3.84. The molecule has 1 aromatic heterocycles.